The Labute approximate surface area is 97.7 Å². The first kappa shape index (κ1) is 12.8. The molecule has 0 fully saturated rings. The van der Waals surface area contributed by atoms with Crippen LogP contribution in [0.3, 0.4) is 0 Å². The number of rotatable bonds is 4. The van der Waals surface area contributed by atoms with Gasteiger partial charge in [-0.2, -0.15) is 0 Å². The van der Waals surface area contributed by atoms with Crippen molar-refractivity contribution in [2.75, 3.05) is 7.11 Å². The van der Waals surface area contributed by atoms with E-state index in [4.69, 9.17) is 4.74 Å². The maximum Gasteiger partial charge on any atom is 0.333 e. The Balaban J connectivity index is 2.38. The van der Waals surface area contributed by atoms with Gasteiger partial charge in [0.15, 0.2) is 0 Å². The molecular weight excluding hydrogens is 200 g/mol. The summed E-state index contributed by atoms with van der Waals surface area (Å²) in [5.74, 6) is -0.195. The zero-order chi connectivity index (χ0) is 12.0. The third-order valence-corrected chi connectivity index (χ3v) is 2.69. The van der Waals surface area contributed by atoms with Gasteiger partial charge in [-0.1, -0.05) is 29.4 Å². The minimum atomic E-state index is -0.195. The van der Waals surface area contributed by atoms with Crippen molar-refractivity contribution in [3.05, 3.63) is 34.9 Å². The monoisotopic (exact) mass is 220 g/mol. The van der Waals surface area contributed by atoms with Crippen molar-refractivity contribution in [1.29, 1.82) is 0 Å². The number of ether oxygens (including phenoxy) is 1. The summed E-state index contributed by atoms with van der Waals surface area (Å²) < 4.78 is 4.69. The summed E-state index contributed by atoms with van der Waals surface area (Å²) in [5, 5.41) is 0. The first-order valence-electron chi connectivity index (χ1n) is 5.72. The van der Waals surface area contributed by atoms with Crippen LogP contribution in [0.2, 0.25) is 0 Å². The van der Waals surface area contributed by atoms with Gasteiger partial charge in [0.05, 0.1) is 7.11 Å². The molecule has 16 heavy (non-hydrogen) atoms. The highest BCUT2D eigenvalue weighted by atomic mass is 16.5. The third kappa shape index (κ3) is 4.05. The van der Waals surface area contributed by atoms with Crippen LogP contribution in [0, 0.1) is 0 Å². The number of hydrogen-bond acceptors (Lipinski definition) is 2. The Hall–Kier alpha value is -1.31. The van der Waals surface area contributed by atoms with Crippen LogP contribution in [0.15, 0.2) is 34.9 Å². The number of hydrogen-bond donors (Lipinski definition) is 0. The highest BCUT2D eigenvalue weighted by molar-refractivity contribution is 5.88. The number of carbonyl (C=O) groups excluding carboxylic acids is 1. The molecule has 0 aromatic carbocycles. The van der Waals surface area contributed by atoms with Gasteiger partial charge < -0.3 is 4.74 Å². The smallest absolute Gasteiger partial charge is 0.333 e. The Bertz CT molecular complexity index is 342. The van der Waals surface area contributed by atoms with E-state index >= 15 is 0 Å². The minimum Gasteiger partial charge on any atom is -0.466 e. The Morgan fingerprint density at radius 1 is 1.38 bits per heavy atom. The van der Waals surface area contributed by atoms with Crippen LogP contribution >= 0.6 is 0 Å². The molecule has 0 unspecified atom stereocenters. The second-order valence-electron chi connectivity index (χ2n) is 4.31. The van der Waals surface area contributed by atoms with E-state index in [1.807, 2.05) is 6.08 Å². The Kier molecular flexibility index (Phi) is 5.03. The number of esters is 1. The molecule has 88 valence electrons. The molecule has 0 aromatic heterocycles. The first-order valence-corrected chi connectivity index (χ1v) is 5.72. The predicted octanol–water partition coefficient (Wildman–Crippen LogP) is 3.55. The zero-order valence-corrected chi connectivity index (χ0v) is 10.4. The lowest BCUT2D eigenvalue weighted by atomic mass is 9.96. The SMILES string of the molecule is COC(=O)C1=CCC(CCC=C(C)C)=CC1. The fraction of sp³-hybridized carbons (Fsp3) is 0.500. The molecule has 0 saturated heterocycles. The van der Waals surface area contributed by atoms with E-state index in [1.54, 1.807) is 0 Å². The van der Waals surface area contributed by atoms with Gasteiger partial charge in [-0.3, -0.25) is 0 Å². The summed E-state index contributed by atoms with van der Waals surface area (Å²) in [6.07, 6.45) is 10.2. The van der Waals surface area contributed by atoms with Gasteiger partial charge in [-0.15, -0.1) is 0 Å². The van der Waals surface area contributed by atoms with E-state index in [-0.39, 0.29) is 5.97 Å². The molecule has 0 bridgehead atoms. The fourth-order valence-electron chi connectivity index (χ4n) is 1.72. The van der Waals surface area contributed by atoms with Gasteiger partial charge in [0, 0.05) is 5.57 Å². The van der Waals surface area contributed by atoms with E-state index in [1.165, 1.54) is 18.3 Å². The molecule has 1 aliphatic rings. The maximum absolute atomic E-state index is 11.2. The standard InChI is InChI=1S/C14H20O2/c1-11(2)5-4-6-12-7-9-13(10-8-12)14(15)16-3/h5,7,10H,4,6,8-9H2,1-3H3. The number of methoxy groups -OCH3 is 1. The van der Waals surface area contributed by atoms with Crippen LogP contribution in [0.1, 0.15) is 39.5 Å². The zero-order valence-electron chi connectivity index (χ0n) is 10.4. The van der Waals surface area contributed by atoms with E-state index in [2.05, 4.69) is 26.0 Å². The maximum atomic E-state index is 11.2. The van der Waals surface area contributed by atoms with Crippen LogP contribution in [0.4, 0.5) is 0 Å². The van der Waals surface area contributed by atoms with Crippen molar-refractivity contribution in [3.8, 4) is 0 Å². The molecule has 0 atom stereocenters. The molecule has 0 aliphatic heterocycles. The Morgan fingerprint density at radius 2 is 2.12 bits per heavy atom. The van der Waals surface area contributed by atoms with E-state index in [0.29, 0.717) is 0 Å². The molecule has 0 heterocycles. The molecule has 2 nitrogen and oxygen atoms in total. The van der Waals surface area contributed by atoms with Gasteiger partial charge in [0.25, 0.3) is 0 Å². The van der Waals surface area contributed by atoms with E-state index in [0.717, 1.165) is 31.3 Å². The van der Waals surface area contributed by atoms with Crippen LogP contribution in [0.5, 0.6) is 0 Å². The van der Waals surface area contributed by atoms with Crippen molar-refractivity contribution in [3.63, 3.8) is 0 Å². The quantitative estimate of drug-likeness (QED) is 0.535. The van der Waals surface area contributed by atoms with Gasteiger partial charge in [-0.05, 0) is 39.5 Å². The van der Waals surface area contributed by atoms with Crippen LogP contribution in [0.25, 0.3) is 0 Å². The molecule has 2 heteroatoms. The minimum absolute atomic E-state index is 0.195. The van der Waals surface area contributed by atoms with Crippen molar-refractivity contribution in [1.82, 2.24) is 0 Å². The number of allylic oxidation sites excluding steroid dienone is 5. The van der Waals surface area contributed by atoms with Gasteiger partial charge in [0.2, 0.25) is 0 Å². The molecule has 1 aliphatic carbocycles. The molecular formula is C14H20O2. The number of carbonyl (C=O) groups is 1. The van der Waals surface area contributed by atoms with Crippen molar-refractivity contribution >= 4 is 5.97 Å². The van der Waals surface area contributed by atoms with E-state index < -0.39 is 0 Å². The first-order chi connectivity index (χ1) is 7.63. The van der Waals surface area contributed by atoms with Crippen LogP contribution < -0.4 is 0 Å². The highest BCUT2D eigenvalue weighted by Crippen LogP contribution is 2.22. The molecule has 1 rings (SSSR count). The van der Waals surface area contributed by atoms with Crippen molar-refractivity contribution in [2.45, 2.75) is 39.5 Å². The molecule has 0 amide bonds. The fourth-order valence-corrected chi connectivity index (χ4v) is 1.72. The average Bonchev–Trinajstić information content (AvgIpc) is 2.28. The highest BCUT2D eigenvalue weighted by Gasteiger charge is 2.12. The molecule has 0 saturated carbocycles. The largest absolute Gasteiger partial charge is 0.466 e. The molecule has 0 radical (unpaired) electrons. The van der Waals surface area contributed by atoms with E-state index in [9.17, 15) is 4.79 Å². The summed E-state index contributed by atoms with van der Waals surface area (Å²) in [7, 11) is 1.43. The predicted molar refractivity (Wildman–Crippen MR) is 66.1 cm³/mol. The normalized spacial score (nSPS) is 14.9. The molecule has 0 N–H and O–H groups in total. The lowest BCUT2D eigenvalue weighted by Gasteiger charge is -2.11. The molecule has 0 aromatic rings. The van der Waals surface area contributed by atoms with Crippen LogP contribution in [-0.2, 0) is 9.53 Å². The van der Waals surface area contributed by atoms with Gasteiger partial charge in [-0.25, -0.2) is 4.79 Å². The lowest BCUT2D eigenvalue weighted by Crippen LogP contribution is -2.06. The van der Waals surface area contributed by atoms with Gasteiger partial charge in [0.1, 0.15) is 0 Å². The van der Waals surface area contributed by atoms with Crippen molar-refractivity contribution in [2.24, 2.45) is 0 Å². The lowest BCUT2D eigenvalue weighted by molar-refractivity contribution is -0.136. The summed E-state index contributed by atoms with van der Waals surface area (Å²) in [6, 6.07) is 0. The van der Waals surface area contributed by atoms with Crippen molar-refractivity contribution < 1.29 is 9.53 Å². The third-order valence-electron chi connectivity index (χ3n) is 2.69. The molecule has 0 spiro atoms. The second-order valence-corrected chi connectivity index (χ2v) is 4.31. The summed E-state index contributed by atoms with van der Waals surface area (Å²) in [4.78, 5) is 11.2. The second kappa shape index (κ2) is 6.31. The summed E-state index contributed by atoms with van der Waals surface area (Å²) in [6.45, 7) is 4.23. The average molecular weight is 220 g/mol. The van der Waals surface area contributed by atoms with Crippen LogP contribution in [-0.4, -0.2) is 13.1 Å². The summed E-state index contributed by atoms with van der Waals surface area (Å²) >= 11 is 0. The Morgan fingerprint density at radius 3 is 2.62 bits per heavy atom. The van der Waals surface area contributed by atoms with Gasteiger partial charge >= 0.3 is 5.97 Å². The topological polar surface area (TPSA) is 26.3 Å². The summed E-state index contributed by atoms with van der Waals surface area (Å²) in [5.41, 5.74) is 3.57.